The van der Waals surface area contributed by atoms with Gasteiger partial charge in [-0.3, -0.25) is 4.79 Å². The first kappa shape index (κ1) is 11.9. The molecular formula is C10H16O3. The highest BCUT2D eigenvalue weighted by Gasteiger charge is 1.97. The predicted octanol–water partition coefficient (Wildman–Crippen LogP) is 2.17. The van der Waals surface area contributed by atoms with Crippen molar-refractivity contribution in [2.45, 2.75) is 39.0 Å². The maximum absolute atomic E-state index is 11.0. The Labute approximate surface area is 78.5 Å². The number of carbonyl (C=O) groups excluding carboxylic acids is 1. The van der Waals surface area contributed by atoms with E-state index >= 15 is 0 Å². The van der Waals surface area contributed by atoms with Crippen LogP contribution in [0.1, 0.15) is 39.0 Å². The lowest BCUT2D eigenvalue weighted by Crippen LogP contribution is -1.95. The van der Waals surface area contributed by atoms with Gasteiger partial charge >= 0.3 is 5.97 Å². The Morgan fingerprint density at radius 1 is 1.15 bits per heavy atom. The van der Waals surface area contributed by atoms with E-state index in [9.17, 15) is 9.59 Å². The van der Waals surface area contributed by atoms with Gasteiger partial charge in [0, 0.05) is 12.5 Å². The van der Waals surface area contributed by atoms with E-state index < -0.39 is 5.97 Å². The molecule has 3 heteroatoms. The summed E-state index contributed by atoms with van der Waals surface area (Å²) in [5, 5.41) is 8.23. The number of ketones is 1. The van der Waals surface area contributed by atoms with Gasteiger partial charge in [0.25, 0.3) is 0 Å². The van der Waals surface area contributed by atoms with Crippen molar-refractivity contribution >= 4 is 11.8 Å². The molecule has 0 aliphatic rings. The topological polar surface area (TPSA) is 54.4 Å². The molecular weight excluding hydrogens is 168 g/mol. The third-order valence-electron chi connectivity index (χ3n) is 1.69. The number of hydrogen-bond donors (Lipinski definition) is 1. The Bertz CT molecular complexity index is 194. The van der Waals surface area contributed by atoms with Crippen LogP contribution in [0.5, 0.6) is 0 Å². The van der Waals surface area contributed by atoms with Crippen LogP contribution < -0.4 is 0 Å². The summed E-state index contributed by atoms with van der Waals surface area (Å²) in [6, 6.07) is 0. The number of carboxylic acid groups (broad SMARTS) is 1. The largest absolute Gasteiger partial charge is 0.478 e. The van der Waals surface area contributed by atoms with Crippen molar-refractivity contribution in [1.29, 1.82) is 0 Å². The van der Waals surface area contributed by atoms with E-state index in [1.807, 2.05) is 0 Å². The summed E-state index contributed by atoms with van der Waals surface area (Å²) in [5.41, 5.74) is 0. The van der Waals surface area contributed by atoms with Crippen LogP contribution in [-0.2, 0) is 9.59 Å². The molecule has 0 heterocycles. The fraction of sp³-hybridized carbons (Fsp3) is 0.600. The first-order valence-electron chi connectivity index (χ1n) is 4.60. The van der Waals surface area contributed by atoms with Crippen LogP contribution >= 0.6 is 0 Å². The van der Waals surface area contributed by atoms with E-state index in [2.05, 4.69) is 6.92 Å². The quantitative estimate of drug-likeness (QED) is 0.487. The molecule has 0 aromatic heterocycles. The molecule has 0 radical (unpaired) electrons. The molecule has 13 heavy (non-hydrogen) atoms. The van der Waals surface area contributed by atoms with Crippen molar-refractivity contribution < 1.29 is 14.7 Å². The van der Waals surface area contributed by atoms with E-state index in [0.717, 1.165) is 37.8 Å². The third kappa shape index (κ3) is 8.79. The molecule has 74 valence electrons. The zero-order chi connectivity index (χ0) is 10.1. The van der Waals surface area contributed by atoms with E-state index in [0.29, 0.717) is 6.42 Å². The average molecular weight is 184 g/mol. The average Bonchev–Trinajstić information content (AvgIpc) is 2.09. The molecule has 0 saturated heterocycles. The van der Waals surface area contributed by atoms with Crippen LogP contribution in [0, 0.1) is 0 Å². The fourth-order valence-corrected chi connectivity index (χ4v) is 0.974. The smallest absolute Gasteiger partial charge is 0.328 e. The molecule has 0 fully saturated rings. The predicted molar refractivity (Wildman–Crippen MR) is 50.5 cm³/mol. The fourth-order valence-electron chi connectivity index (χ4n) is 0.974. The summed E-state index contributed by atoms with van der Waals surface area (Å²) in [6.07, 6.45) is 6.66. The lowest BCUT2D eigenvalue weighted by molar-refractivity contribution is -0.131. The summed E-state index contributed by atoms with van der Waals surface area (Å²) in [4.78, 5) is 21.0. The van der Waals surface area contributed by atoms with Gasteiger partial charge in [0.1, 0.15) is 0 Å². The molecule has 3 nitrogen and oxygen atoms in total. The van der Waals surface area contributed by atoms with Gasteiger partial charge in [0.15, 0.2) is 5.78 Å². The van der Waals surface area contributed by atoms with Gasteiger partial charge in [-0.1, -0.05) is 26.2 Å². The lowest BCUT2D eigenvalue weighted by Gasteiger charge is -1.94. The number of hydrogen-bond acceptors (Lipinski definition) is 2. The van der Waals surface area contributed by atoms with Crippen LogP contribution in [0.2, 0.25) is 0 Å². The van der Waals surface area contributed by atoms with E-state index in [1.165, 1.54) is 0 Å². The minimum atomic E-state index is -1.07. The van der Waals surface area contributed by atoms with Gasteiger partial charge in [0.2, 0.25) is 0 Å². The normalized spacial score (nSPS) is 10.5. The number of aliphatic carboxylic acids is 1. The number of unbranched alkanes of at least 4 members (excludes halogenated alkanes) is 3. The second-order valence-electron chi connectivity index (χ2n) is 2.95. The maximum atomic E-state index is 11.0. The molecule has 0 bridgehead atoms. The first-order valence-corrected chi connectivity index (χ1v) is 4.60. The van der Waals surface area contributed by atoms with Crippen LogP contribution in [0.15, 0.2) is 12.2 Å². The van der Waals surface area contributed by atoms with Gasteiger partial charge < -0.3 is 5.11 Å². The molecule has 0 aliphatic carbocycles. The van der Waals surface area contributed by atoms with Crippen molar-refractivity contribution in [2.75, 3.05) is 0 Å². The summed E-state index contributed by atoms with van der Waals surface area (Å²) in [6.45, 7) is 2.10. The van der Waals surface area contributed by atoms with Crippen molar-refractivity contribution in [2.24, 2.45) is 0 Å². The molecule has 0 spiro atoms. The summed E-state index contributed by atoms with van der Waals surface area (Å²) >= 11 is 0. The summed E-state index contributed by atoms with van der Waals surface area (Å²) in [5.74, 6) is -1.17. The van der Waals surface area contributed by atoms with Gasteiger partial charge in [0.05, 0.1) is 0 Å². The van der Waals surface area contributed by atoms with Crippen LogP contribution in [0.3, 0.4) is 0 Å². The van der Waals surface area contributed by atoms with Crippen molar-refractivity contribution in [3.05, 3.63) is 12.2 Å². The second kappa shape index (κ2) is 7.53. The molecule has 0 saturated carbocycles. The Hall–Kier alpha value is -1.12. The van der Waals surface area contributed by atoms with Gasteiger partial charge in [-0.05, 0) is 12.5 Å². The Kier molecular flexibility index (Phi) is 6.88. The monoisotopic (exact) mass is 184 g/mol. The molecule has 1 N–H and O–H groups in total. The zero-order valence-corrected chi connectivity index (χ0v) is 7.95. The number of allylic oxidation sites excluding steroid dienone is 1. The molecule has 0 amide bonds. The Morgan fingerprint density at radius 3 is 2.38 bits per heavy atom. The van der Waals surface area contributed by atoms with Crippen LogP contribution in [0.4, 0.5) is 0 Å². The highest BCUT2D eigenvalue weighted by atomic mass is 16.4. The SMILES string of the molecule is CCCCCCC(=O)/C=C/C(=O)O. The summed E-state index contributed by atoms with van der Waals surface area (Å²) in [7, 11) is 0. The third-order valence-corrected chi connectivity index (χ3v) is 1.69. The molecule has 0 aromatic carbocycles. The van der Waals surface area contributed by atoms with Crippen LogP contribution in [0.25, 0.3) is 0 Å². The molecule has 0 unspecified atom stereocenters. The standard InChI is InChI=1S/C10H16O3/c1-2-3-4-5-6-9(11)7-8-10(12)13/h7-8H,2-6H2,1H3,(H,12,13)/b8-7+. The maximum Gasteiger partial charge on any atom is 0.328 e. The Balaban J connectivity index is 3.46. The minimum absolute atomic E-state index is 0.0986. The first-order chi connectivity index (χ1) is 6.16. The molecule has 0 atom stereocenters. The molecule has 0 aromatic rings. The van der Waals surface area contributed by atoms with E-state index in [1.54, 1.807) is 0 Å². The Morgan fingerprint density at radius 2 is 1.85 bits per heavy atom. The number of rotatable bonds is 7. The zero-order valence-electron chi connectivity index (χ0n) is 7.95. The molecule has 0 rings (SSSR count). The number of carbonyl (C=O) groups is 2. The van der Waals surface area contributed by atoms with Crippen molar-refractivity contribution in [1.82, 2.24) is 0 Å². The highest BCUT2D eigenvalue weighted by Crippen LogP contribution is 2.03. The summed E-state index contributed by atoms with van der Waals surface area (Å²) < 4.78 is 0. The molecule has 0 aliphatic heterocycles. The lowest BCUT2D eigenvalue weighted by atomic mass is 10.1. The minimum Gasteiger partial charge on any atom is -0.478 e. The van der Waals surface area contributed by atoms with Gasteiger partial charge in [-0.2, -0.15) is 0 Å². The van der Waals surface area contributed by atoms with E-state index in [-0.39, 0.29) is 5.78 Å². The second-order valence-corrected chi connectivity index (χ2v) is 2.95. The van der Waals surface area contributed by atoms with E-state index in [4.69, 9.17) is 5.11 Å². The van der Waals surface area contributed by atoms with Gasteiger partial charge in [-0.25, -0.2) is 4.79 Å². The van der Waals surface area contributed by atoms with Crippen molar-refractivity contribution in [3.8, 4) is 0 Å². The number of carboxylic acids is 1. The van der Waals surface area contributed by atoms with Crippen molar-refractivity contribution in [3.63, 3.8) is 0 Å². The van der Waals surface area contributed by atoms with Gasteiger partial charge in [-0.15, -0.1) is 0 Å². The highest BCUT2D eigenvalue weighted by molar-refractivity contribution is 5.95. The van der Waals surface area contributed by atoms with Crippen LogP contribution in [-0.4, -0.2) is 16.9 Å².